The Morgan fingerprint density at radius 2 is 2.29 bits per heavy atom. The summed E-state index contributed by atoms with van der Waals surface area (Å²) in [6, 6.07) is 0.417. The smallest absolute Gasteiger partial charge is 0.0962 e. The van der Waals surface area contributed by atoms with E-state index in [1.807, 2.05) is 28.8 Å². The van der Waals surface area contributed by atoms with Gasteiger partial charge in [0.15, 0.2) is 0 Å². The van der Waals surface area contributed by atoms with Crippen molar-refractivity contribution in [2.24, 2.45) is 12.8 Å². The van der Waals surface area contributed by atoms with Crippen LogP contribution in [0.25, 0.3) is 0 Å². The standard InChI is InChI=1S/C14H23N7/c1-19-9-12(8-16-19)4-6-20-5-2-3-14(11-20)21-10-13(7-15)17-18-21/h8-10,14H,2-7,11,15H2,1H3. The molecular weight excluding hydrogens is 266 g/mol. The van der Waals surface area contributed by atoms with Gasteiger partial charge in [-0.05, 0) is 31.4 Å². The average molecular weight is 289 g/mol. The van der Waals surface area contributed by atoms with Crippen molar-refractivity contribution in [3.63, 3.8) is 0 Å². The van der Waals surface area contributed by atoms with E-state index in [2.05, 4.69) is 26.5 Å². The van der Waals surface area contributed by atoms with E-state index in [1.54, 1.807) is 0 Å². The number of nitrogens with zero attached hydrogens (tertiary/aromatic N) is 6. The van der Waals surface area contributed by atoms with E-state index in [0.29, 0.717) is 12.6 Å². The van der Waals surface area contributed by atoms with E-state index < -0.39 is 0 Å². The Morgan fingerprint density at radius 3 is 3.00 bits per heavy atom. The van der Waals surface area contributed by atoms with Crippen molar-refractivity contribution >= 4 is 0 Å². The Balaban J connectivity index is 1.55. The Kier molecular flexibility index (Phi) is 4.31. The van der Waals surface area contributed by atoms with Gasteiger partial charge in [0.2, 0.25) is 0 Å². The van der Waals surface area contributed by atoms with Crippen molar-refractivity contribution in [1.29, 1.82) is 0 Å². The lowest BCUT2D eigenvalue weighted by atomic mass is 10.1. The zero-order valence-electron chi connectivity index (χ0n) is 12.5. The Hall–Kier alpha value is -1.73. The van der Waals surface area contributed by atoms with Gasteiger partial charge in [0, 0.05) is 32.9 Å². The summed E-state index contributed by atoms with van der Waals surface area (Å²) in [5.41, 5.74) is 7.76. The fourth-order valence-electron chi connectivity index (χ4n) is 2.92. The number of hydrogen-bond acceptors (Lipinski definition) is 5. The highest BCUT2D eigenvalue weighted by Gasteiger charge is 2.22. The maximum absolute atomic E-state index is 5.60. The molecule has 0 radical (unpaired) electrons. The molecule has 0 aliphatic carbocycles. The van der Waals surface area contributed by atoms with Gasteiger partial charge in [0.25, 0.3) is 0 Å². The summed E-state index contributed by atoms with van der Waals surface area (Å²) in [5, 5.41) is 12.5. The van der Waals surface area contributed by atoms with Crippen LogP contribution in [0.3, 0.4) is 0 Å². The molecule has 1 aliphatic heterocycles. The highest BCUT2D eigenvalue weighted by molar-refractivity contribution is 5.04. The quantitative estimate of drug-likeness (QED) is 0.859. The van der Waals surface area contributed by atoms with Crippen LogP contribution in [0.5, 0.6) is 0 Å². The van der Waals surface area contributed by atoms with Gasteiger partial charge in [-0.1, -0.05) is 5.21 Å². The first-order valence-corrected chi connectivity index (χ1v) is 7.55. The van der Waals surface area contributed by atoms with E-state index >= 15 is 0 Å². The topological polar surface area (TPSA) is 77.8 Å². The third-order valence-corrected chi connectivity index (χ3v) is 4.10. The maximum atomic E-state index is 5.60. The lowest BCUT2D eigenvalue weighted by Gasteiger charge is -2.32. The van der Waals surface area contributed by atoms with Gasteiger partial charge in [-0.15, -0.1) is 5.10 Å². The van der Waals surface area contributed by atoms with Gasteiger partial charge in [0.1, 0.15) is 0 Å². The normalized spacial score (nSPS) is 20.0. The van der Waals surface area contributed by atoms with Crippen LogP contribution in [-0.2, 0) is 20.0 Å². The molecule has 2 aromatic rings. The van der Waals surface area contributed by atoms with Gasteiger partial charge in [0.05, 0.1) is 24.1 Å². The second-order valence-corrected chi connectivity index (χ2v) is 5.76. The second kappa shape index (κ2) is 6.36. The largest absolute Gasteiger partial charge is 0.325 e. The van der Waals surface area contributed by atoms with Crippen molar-refractivity contribution < 1.29 is 0 Å². The number of likely N-dealkylation sites (tertiary alicyclic amines) is 1. The molecule has 21 heavy (non-hydrogen) atoms. The zero-order valence-corrected chi connectivity index (χ0v) is 12.5. The molecule has 0 spiro atoms. The van der Waals surface area contributed by atoms with Gasteiger partial charge in [-0.3, -0.25) is 4.68 Å². The van der Waals surface area contributed by atoms with Gasteiger partial charge in [-0.25, -0.2) is 4.68 Å². The fourth-order valence-corrected chi connectivity index (χ4v) is 2.92. The van der Waals surface area contributed by atoms with Crippen LogP contribution in [0, 0.1) is 0 Å². The molecular formula is C14H23N7. The van der Waals surface area contributed by atoms with Crippen molar-refractivity contribution in [2.45, 2.75) is 31.8 Å². The molecule has 3 heterocycles. The minimum Gasteiger partial charge on any atom is -0.325 e. The molecule has 2 aromatic heterocycles. The molecule has 1 atom stereocenters. The number of rotatable bonds is 5. The Labute approximate surface area is 124 Å². The summed E-state index contributed by atoms with van der Waals surface area (Å²) in [6.45, 7) is 3.72. The molecule has 2 N–H and O–H groups in total. The van der Waals surface area contributed by atoms with Crippen molar-refractivity contribution in [2.75, 3.05) is 19.6 Å². The first-order valence-electron chi connectivity index (χ1n) is 7.55. The molecule has 0 bridgehead atoms. The summed E-state index contributed by atoms with van der Waals surface area (Å²) >= 11 is 0. The number of aryl methyl sites for hydroxylation is 1. The summed E-state index contributed by atoms with van der Waals surface area (Å²) < 4.78 is 3.84. The van der Waals surface area contributed by atoms with Crippen LogP contribution in [0.2, 0.25) is 0 Å². The summed E-state index contributed by atoms with van der Waals surface area (Å²) in [5.74, 6) is 0. The lowest BCUT2D eigenvalue weighted by Crippen LogP contribution is -2.38. The van der Waals surface area contributed by atoms with Crippen molar-refractivity contribution in [3.05, 3.63) is 29.8 Å². The van der Waals surface area contributed by atoms with Gasteiger partial charge in [-0.2, -0.15) is 5.10 Å². The summed E-state index contributed by atoms with van der Waals surface area (Å²) in [6.07, 6.45) is 9.44. The molecule has 7 nitrogen and oxygen atoms in total. The van der Waals surface area contributed by atoms with Crippen LogP contribution in [0.15, 0.2) is 18.6 Å². The number of hydrogen-bond donors (Lipinski definition) is 1. The monoisotopic (exact) mass is 289 g/mol. The highest BCUT2D eigenvalue weighted by Crippen LogP contribution is 2.20. The number of nitrogens with two attached hydrogens (primary N) is 1. The van der Waals surface area contributed by atoms with E-state index in [9.17, 15) is 0 Å². The molecule has 3 rings (SSSR count). The van der Waals surface area contributed by atoms with Crippen LogP contribution >= 0.6 is 0 Å². The SMILES string of the molecule is Cn1cc(CCN2CCCC(n3cc(CN)nn3)C2)cn1. The Bertz CT molecular complexity index is 573. The maximum Gasteiger partial charge on any atom is 0.0962 e. The molecule has 1 saturated heterocycles. The van der Waals surface area contributed by atoms with E-state index in [0.717, 1.165) is 38.2 Å². The van der Waals surface area contributed by atoms with Crippen LogP contribution < -0.4 is 5.73 Å². The van der Waals surface area contributed by atoms with Crippen LogP contribution in [0.1, 0.15) is 30.1 Å². The molecule has 1 unspecified atom stereocenters. The second-order valence-electron chi connectivity index (χ2n) is 5.76. The average Bonchev–Trinajstić information content (AvgIpc) is 3.14. The minimum atomic E-state index is 0.417. The van der Waals surface area contributed by atoms with E-state index in [1.165, 1.54) is 12.0 Å². The van der Waals surface area contributed by atoms with E-state index in [-0.39, 0.29) is 0 Å². The number of piperidine rings is 1. The highest BCUT2D eigenvalue weighted by atomic mass is 15.4. The molecule has 1 fully saturated rings. The zero-order chi connectivity index (χ0) is 14.7. The fraction of sp³-hybridized carbons (Fsp3) is 0.643. The van der Waals surface area contributed by atoms with E-state index in [4.69, 9.17) is 5.73 Å². The molecule has 7 heteroatoms. The predicted octanol–water partition coefficient (Wildman–Crippen LogP) is 0.350. The van der Waals surface area contributed by atoms with Crippen LogP contribution in [0.4, 0.5) is 0 Å². The van der Waals surface area contributed by atoms with Crippen molar-refractivity contribution in [3.8, 4) is 0 Å². The summed E-state index contributed by atoms with van der Waals surface area (Å²) in [4.78, 5) is 2.50. The molecule has 1 aliphatic rings. The van der Waals surface area contributed by atoms with Crippen LogP contribution in [-0.4, -0.2) is 49.3 Å². The first-order chi connectivity index (χ1) is 10.2. The summed E-state index contributed by atoms with van der Waals surface area (Å²) in [7, 11) is 1.96. The molecule has 0 saturated carbocycles. The minimum absolute atomic E-state index is 0.417. The molecule has 114 valence electrons. The number of aromatic nitrogens is 5. The lowest BCUT2D eigenvalue weighted by molar-refractivity contribution is 0.170. The predicted molar refractivity (Wildman–Crippen MR) is 79.5 cm³/mol. The first kappa shape index (κ1) is 14.2. The third-order valence-electron chi connectivity index (χ3n) is 4.10. The third kappa shape index (κ3) is 3.48. The van der Waals surface area contributed by atoms with Crippen molar-refractivity contribution in [1.82, 2.24) is 29.7 Å². The molecule has 0 aromatic carbocycles. The van der Waals surface area contributed by atoms with Gasteiger partial charge < -0.3 is 10.6 Å². The van der Waals surface area contributed by atoms with Gasteiger partial charge >= 0.3 is 0 Å². The molecule has 0 amide bonds. The Morgan fingerprint density at radius 1 is 1.38 bits per heavy atom.